The maximum absolute atomic E-state index is 5.45. The first-order valence-corrected chi connectivity index (χ1v) is 6.20. The molecule has 1 aliphatic rings. The van der Waals surface area contributed by atoms with Gasteiger partial charge < -0.3 is 14.3 Å². The van der Waals surface area contributed by atoms with Crippen LogP contribution in [0, 0.1) is 4.77 Å². The molecule has 1 fully saturated rings. The molecule has 1 unspecified atom stereocenters. The molecule has 88 valence electrons. The predicted molar refractivity (Wildman–Crippen MR) is 69.5 cm³/mol. The van der Waals surface area contributed by atoms with E-state index >= 15 is 0 Å². The van der Waals surface area contributed by atoms with Crippen LogP contribution in [0.25, 0.3) is 11.3 Å². The highest BCUT2D eigenvalue weighted by atomic mass is 32.1. The minimum atomic E-state index is 0.365. The number of nitrogens with one attached hydrogen (secondary N) is 1. The van der Waals surface area contributed by atoms with Crippen molar-refractivity contribution in [1.82, 2.24) is 9.55 Å². The zero-order valence-electron chi connectivity index (χ0n) is 9.43. The van der Waals surface area contributed by atoms with Gasteiger partial charge in [-0.2, -0.15) is 0 Å². The average Bonchev–Trinajstić information content (AvgIpc) is 2.99. The van der Waals surface area contributed by atoms with Gasteiger partial charge in [-0.3, -0.25) is 0 Å². The summed E-state index contributed by atoms with van der Waals surface area (Å²) in [6, 6.07) is 10.7. The summed E-state index contributed by atoms with van der Waals surface area (Å²) in [6.45, 7) is 1.58. The molecule has 0 saturated carbocycles. The summed E-state index contributed by atoms with van der Waals surface area (Å²) in [4.78, 5) is 3.13. The molecule has 3 nitrogen and oxygen atoms in total. The number of nitrogens with zero attached hydrogens (tertiary/aromatic N) is 1. The third-order valence-corrected chi connectivity index (χ3v) is 3.47. The first-order valence-electron chi connectivity index (χ1n) is 5.79. The van der Waals surface area contributed by atoms with E-state index in [1.807, 2.05) is 24.4 Å². The summed E-state index contributed by atoms with van der Waals surface area (Å²) < 4.78 is 8.40. The number of H-pyrrole nitrogens is 1. The first-order chi connectivity index (χ1) is 8.36. The SMILES string of the molecule is S=c1[nH]cc(-c2ccccc2)n1C1CCOC1. The molecule has 0 bridgehead atoms. The van der Waals surface area contributed by atoms with Crippen molar-refractivity contribution in [2.75, 3.05) is 13.2 Å². The molecule has 0 radical (unpaired) electrons. The van der Waals surface area contributed by atoms with Crippen molar-refractivity contribution in [3.05, 3.63) is 41.3 Å². The van der Waals surface area contributed by atoms with Gasteiger partial charge in [0.1, 0.15) is 0 Å². The lowest BCUT2D eigenvalue weighted by Crippen LogP contribution is -2.10. The lowest BCUT2D eigenvalue weighted by Gasteiger charge is -2.14. The molecule has 1 aromatic heterocycles. The van der Waals surface area contributed by atoms with Gasteiger partial charge in [-0.25, -0.2) is 0 Å². The molecule has 2 heterocycles. The Morgan fingerprint density at radius 2 is 2.12 bits per heavy atom. The molecule has 0 amide bonds. The average molecular weight is 246 g/mol. The van der Waals surface area contributed by atoms with Gasteiger partial charge in [0.2, 0.25) is 0 Å². The summed E-state index contributed by atoms with van der Waals surface area (Å²) in [7, 11) is 0. The van der Waals surface area contributed by atoms with Gasteiger partial charge in [0.25, 0.3) is 0 Å². The van der Waals surface area contributed by atoms with Gasteiger partial charge in [0.15, 0.2) is 4.77 Å². The van der Waals surface area contributed by atoms with Crippen LogP contribution in [-0.2, 0) is 4.74 Å². The number of benzene rings is 1. The van der Waals surface area contributed by atoms with Crippen molar-refractivity contribution < 1.29 is 4.74 Å². The molecule has 3 rings (SSSR count). The van der Waals surface area contributed by atoms with Gasteiger partial charge in [-0.05, 0) is 24.2 Å². The van der Waals surface area contributed by atoms with Crippen molar-refractivity contribution in [3.63, 3.8) is 0 Å². The summed E-state index contributed by atoms with van der Waals surface area (Å²) in [5, 5.41) is 0. The Hall–Kier alpha value is -1.39. The lowest BCUT2D eigenvalue weighted by atomic mass is 10.1. The third-order valence-electron chi connectivity index (χ3n) is 3.15. The van der Waals surface area contributed by atoms with Crippen LogP contribution in [-0.4, -0.2) is 22.8 Å². The fraction of sp³-hybridized carbons (Fsp3) is 0.308. The van der Waals surface area contributed by atoms with E-state index in [-0.39, 0.29) is 0 Å². The second-order valence-corrected chi connectivity index (χ2v) is 4.62. The molecule has 4 heteroatoms. The van der Waals surface area contributed by atoms with E-state index < -0.39 is 0 Å². The zero-order valence-corrected chi connectivity index (χ0v) is 10.2. The van der Waals surface area contributed by atoms with Crippen molar-refractivity contribution in [2.45, 2.75) is 12.5 Å². The summed E-state index contributed by atoms with van der Waals surface area (Å²) >= 11 is 5.36. The van der Waals surface area contributed by atoms with Gasteiger partial charge in [0, 0.05) is 12.8 Å². The molecule has 1 aromatic carbocycles. The molecule has 1 atom stereocenters. The zero-order chi connectivity index (χ0) is 11.7. The fourth-order valence-electron chi connectivity index (χ4n) is 2.30. The van der Waals surface area contributed by atoms with E-state index in [0.29, 0.717) is 6.04 Å². The van der Waals surface area contributed by atoms with Crippen LogP contribution in [0.4, 0.5) is 0 Å². The van der Waals surface area contributed by atoms with Crippen LogP contribution in [0.5, 0.6) is 0 Å². The Morgan fingerprint density at radius 3 is 2.82 bits per heavy atom. The predicted octanol–water partition coefficient (Wildman–Crippen LogP) is 3.17. The number of ether oxygens (including phenoxy) is 1. The maximum atomic E-state index is 5.45. The van der Waals surface area contributed by atoms with E-state index in [0.717, 1.165) is 30.1 Å². The topological polar surface area (TPSA) is 29.9 Å². The monoisotopic (exact) mass is 246 g/mol. The highest BCUT2D eigenvalue weighted by molar-refractivity contribution is 7.71. The molecule has 2 aromatic rings. The van der Waals surface area contributed by atoms with E-state index in [9.17, 15) is 0 Å². The highest BCUT2D eigenvalue weighted by Gasteiger charge is 2.21. The van der Waals surface area contributed by atoms with E-state index in [2.05, 4.69) is 21.7 Å². The third kappa shape index (κ3) is 1.94. The molecule has 1 aliphatic heterocycles. The Kier molecular flexibility index (Phi) is 2.82. The number of aromatic nitrogens is 2. The van der Waals surface area contributed by atoms with E-state index in [1.54, 1.807) is 0 Å². The van der Waals surface area contributed by atoms with Crippen molar-refractivity contribution >= 4 is 12.2 Å². The Balaban J connectivity index is 2.09. The summed E-state index contributed by atoms with van der Waals surface area (Å²) in [5.41, 5.74) is 2.33. The van der Waals surface area contributed by atoms with Gasteiger partial charge in [-0.15, -0.1) is 0 Å². The Labute approximate surface area is 105 Å². The summed E-state index contributed by atoms with van der Waals surface area (Å²) in [6.07, 6.45) is 3.02. The minimum Gasteiger partial charge on any atom is -0.379 e. The van der Waals surface area contributed by atoms with E-state index in [1.165, 1.54) is 5.56 Å². The number of aromatic amines is 1. The number of imidazole rings is 1. The molecule has 0 spiro atoms. The largest absolute Gasteiger partial charge is 0.379 e. The quantitative estimate of drug-likeness (QED) is 0.825. The van der Waals surface area contributed by atoms with Gasteiger partial charge in [-0.1, -0.05) is 30.3 Å². The smallest absolute Gasteiger partial charge is 0.177 e. The molecular formula is C13H14N2OS. The Bertz CT molecular complexity index is 552. The second-order valence-electron chi connectivity index (χ2n) is 4.23. The summed E-state index contributed by atoms with van der Waals surface area (Å²) in [5.74, 6) is 0. The number of hydrogen-bond donors (Lipinski definition) is 1. The molecule has 0 aliphatic carbocycles. The Morgan fingerprint density at radius 1 is 1.29 bits per heavy atom. The number of hydrogen-bond acceptors (Lipinski definition) is 2. The van der Waals surface area contributed by atoms with Crippen LogP contribution in [0.15, 0.2) is 36.5 Å². The van der Waals surface area contributed by atoms with Crippen LogP contribution in [0.1, 0.15) is 12.5 Å². The highest BCUT2D eigenvalue weighted by Crippen LogP contribution is 2.27. The molecule has 1 N–H and O–H groups in total. The normalized spacial score (nSPS) is 19.6. The second kappa shape index (κ2) is 4.47. The van der Waals surface area contributed by atoms with Crippen LogP contribution < -0.4 is 0 Å². The lowest BCUT2D eigenvalue weighted by molar-refractivity contribution is 0.186. The standard InChI is InChI=1S/C13H14N2OS/c17-13-14-8-12(10-4-2-1-3-5-10)15(13)11-6-7-16-9-11/h1-5,8,11H,6-7,9H2,(H,14,17). The molecule has 17 heavy (non-hydrogen) atoms. The van der Waals surface area contributed by atoms with Crippen molar-refractivity contribution in [1.29, 1.82) is 0 Å². The van der Waals surface area contributed by atoms with Crippen molar-refractivity contribution in [2.24, 2.45) is 0 Å². The van der Waals surface area contributed by atoms with Crippen LogP contribution >= 0.6 is 12.2 Å². The fourth-order valence-corrected chi connectivity index (χ4v) is 2.60. The first kappa shape index (κ1) is 10.7. The van der Waals surface area contributed by atoms with Gasteiger partial charge in [0.05, 0.1) is 18.3 Å². The van der Waals surface area contributed by atoms with E-state index in [4.69, 9.17) is 17.0 Å². The maximum Gasteiger partial charge on any atom is 0.177 e. The molecular weight excluding hydrogens is 232 g/mol. The van der Waals surface area contributed by atoms with Crippen LogP contribution in [0.3, 0.4) is 0 Å². The van der Waals surface area contributed by atoms with Gasteiger partial charge >= 0.3 is 0 Å². The minimum absolute atomic E-state index is 0.365. The van der Waals surface area contributed by atoms with Crippen molar-refractivity contribution in [3.8, 4) is 11.3 Å². The number of rotatable bonds is 2. The molecule has 1 saturated heterocycles. The van der Waals surface area contributed by atoms with Crippen LogP contribution in [0.2, 0.25) is 0 Å².